The predicted octanol–water partition coefficient (Wildman–Crippen LogP) is 1.85. The monoisotopic (exact) mass is 224 g/mol. The van der Waals surface area contributed by atoms with Crippen LogP contribution in [-0.2, 0) is 0 Å². The van der Waals surface area contributed by atoms with Crippen molar-refractivity contribution < 1.29 is 5.11 Å². The van der Waals surface area contributed by atoms with Gasteiger partial charge in [-0.3, -0.25) is 0 Å². The molecule has 1 rings (SSSR count). The first kappa shape index (κ1) is 6.55. The Kier molecular flexibility index (Phi) is 2.31. The van der Waals surface area contributed by atoms with Crippen molar-refractivity contribution in [3.63, 3.8) is 0 Å². The summed E-state index contributed by atoms with van der Waals surface area (Å²) in [6.07, 6.45) is 5.20. The van der Waals surface area contributed by atoms with Gasteiger partial charge in [-0.25, -0.2) is 0 Å². The Bertz CT molecular complexity index is 109. The minimum atomic E-state index is -0.149. The van der Waals surface area contributed by atoms with Gasteiger partial charge < -0.3 is 5.11 Å². The van der Waals surface area contributed by atoms with Crippen LogP contribution in [0.1, 0.15) is 19.3 Å². The van der Waals surface area contributed by atoms with E-state index in [0.29, 0.717) is 0 Å². The van der Waals surface area contributed by atoms with Crippen molar-refractivity contribution in [3.05, 3.63) is 9.66 Å². The van der Waals surface area contributed by atoms with Crippen LogP contribution >= 0.6 is 22.6 Å². The molecule has 0 radical (unpaired) electrons. The predicted molar refractivity (Wildman–Crippen MR) is 42.0 cm³/mol. The Morgan fingerprint density at radius 2 is 2.50 bits per heavy atom. The van der Waals surface area contributed by atoms with Gasteiger partial charge in [0.1, 0.15) is 0 Å². The first-order valence-electron chi connectivity index (χ1n) is 2.84. The Hall–Kier alpha value is 0.430. The van der Waals surface area contributed by atoms with Crippen molar-refractivity contribution in [2.45, 2.75) is 25.4 Å². The number of aliphatic hydroxyl groups is 1. The summed E-state index contributed by atoms with van der Waals surface area (Å²) in [5, 5.41) is 9.10. The number of allylic oxidation sites excluding steroid dienone is 1. The van der Waals surface area contributed by atoms with E-state index in [1.165, 1.54) is 0 Å². The molecule has 0 aromatic heterocycles. The van der Waals surface area contributed by atoms with E-state index in [0.717, 1.165) is 22.8 Å². The number of aliphatic hydroxyl groups excluding tert-OH is 1. The molecular weight excluding hydrogens is 215 g/mol. The molecule has 0 amide bonds. The lowest BCUT2D eigenvalue weighted by Crippen LogP contribution is -2.08. The highest BCUT2D eigenvalue weighted by molar-refractivity contribution is 14.1. The van der Waals surface area contributed by atoms with Crippen LogP contribution in [0.2, 0.25) is 0 Å². The van der Waals surface area contributed by atoms with Crippen LogP contribution in [0.25, 0.3) is 0 Å². The molecule has 2 heteroatoms. The molecule has 1 aliphatic carbocycles. The molecule has 46 valence electrons. The number of hydrogen-bond donors (Lipinski definition) is 1. The zero-order chi connectivity index (χ0) is 5.98. The molecule has 0 aromatic rings. The summed E-state index contributed by atoms with van der Waals surface area (Å²) in [6.45, 7) is 0. The molecule has 1 atom stereocenters. The molecule has 0 fully saturated rings. The highest BCUT2D eigenvalue weighted by Crippen LogP contribution is 2.22. The largest absolute Gasteiger partial charge is 0.388 e. The summed E-state index contributed by atoms with van der Waals surface area (Å²) in [4.78, 5) is 0. The van der Waals surface area contributed by atoms with E-state index in [1.54, 1.807) is 0 Å². The molecule has 0 bridgehead atoms. The second-order valence-electron chi connectivity index (χ2n) is 2.04. The molecule has 0 saturated carbocycles. The van der Waals surface area contributed by atoms with Crippen LogP contribution in [0.5, 0.6) is 0 Å². The second kappa shape index (κ2) is 2.82. The summed E-state index contributed by atoms with van der Waals surface area (Å²) in [7, 11) is 0. The third-order valence-electron chi connectivity index (χ3n) is 1.34. The summed E-state index contributed by atoms with van der Waals surface area (Å²) >= 11 is 2.19. The van der Waals surface area contributed by atoms with Gasteiger partial charge in [0.05, 0.1) is 6.10 Å². The van der Waals surface area contributed by atoms with Crippen LogP contribution < -0.4 is 0 Å². The maximum absolute atomic E-state index is 9.10. The van der Waals surface area contributed by atoms with E-state index >= 15 is 0 Å². The molecule has 0 heterocycles. The van der Waals surface area contributed by atoms with Gasteiger partial charge in [0.25, 0.3) is 0 Å². The molecule has 0 saturated heterocycles. The lowest BCUT2D eigenvalue weighted by molar-refractivity contribution is 0.202. The van der Waals surface area contributed by atoms with Gasteiger partial charge in [0, 0.05) is 3.58 Å². The van der Waals surface area contributed by atoms with Gasteiger partial charge in [-0.2, -0.15) is 0 Å². The fraction of sp³-hybridized carbons (Fsp3) is 0.667. The molecule has 1 N–H and O–H groups in total. The normalized spacial score (nSPS) is 29.8. The van der Waals surface area contributed by atoms with Crippen molar-refractivity contribution in [2.24, 2.45) is 0 Å². The summed E-state index contributed by atoms with van der Waals surface area (Å²) in [5.74, 6) is 0. The smallest absolute Gasteiger partial charge is 0.0843 e. The average molecular weight is 224 g/mol. The Morgan fingerprint density at radius 3 is 2.88 bits per heavy atom. The maximum Gasteiger partial charge on any atom is 0.0843 e. The van der Waals surface area contributed by atoms with Gasteiger partial charge in [0.15, 0.2) is 0 Å². The Labute approximate surface area is 62.9 Å². The molecule has 0 spiro atoms. The van der Waals surface area contributed by atoms with Gasteiger partial charge in [-0.1, -0.05) is 6.08 Å². The lowest BCUT2D eigenvalue weighted by atomic mass is 10.1. The summed E-state index contributed by atoms with van der Waals surface area (Å²) < 4.78 is 1.12. The zero-order valence-corrected chi connectivity index (χ0v) is 6.76. The summed E-state index contributed by atoms with van der Waals surface area (Å²) in [5.41, 5.74) is 0. The van der Waals surface area contributed by atoms with Crippen molar-refractivity contribution >= 4 is 22.6 Å². The van der Waals surface area contributed by atoms with Crippen LogP contribution in [0.3, 0.4) is 0 Å². The van der Waals surface area contributed by atoms with E-state index in [-0.39, 0.29) is 6.10 Å². The lowest BCUT2D eigenvalue weighted by Gasteiger charge is -2.13. The van der Waals surface area contributed by atoms with Crippen LogP contribution in [0, 0.1) is 0 Å². The van der Waals surface area contributed by atoms with E-state index in [2.05, 4.69) is 28.7 Å². The first-order chi connectivity index (χ1) is 3.80. The van der Waals surface area contributed by atoms with Crippen LogP contribution in [0.4, 0.5) is 0 Å². The van der Waals surface area contributed by atoms with Gasteiger partial charge in [0.2, 0.25) is 0 Å². The van der Waals surface area contributed by atoms with Crippen LogP contribution in [-0.4, -0.2) is 11.2 Å². The third-order valence-corrected chi connectivity index (χ3v) is 2.50. The molecule has 8 heavy (non-hydrogen) atoms. The van der Waals surface area contributed by atoms with Gasteiger partial charge in [-0.05, 0) is 41.9 Å². The maximum atomic E-state index is 9.10. The first-order valence-corrected chi connectivity index (χ1v) is 3.92. The van der Waals surface area contributed by atoms with Crippen molar-refractivity contribution in [2.75, 3.05) is 0 Å². The highest BCUT2D eigenvalue weighted by atomic mass is 127. The summed E-state index contributed by atoms with van der Waals surface area (Å²) in [6, 6.07) is 0. The fourth-order valence-corrected chi connectivity index (χ4v) is 1.45. The Balaban J connectivity index is 2.53. The zero-order valence-electron chi connectivity index (χ0n) is 4.60. The van der Waals surface area contributed by atoms with E-state index in [1.807, 2.05) is 0 Å². The van der Waals surface area contributed by atoms with E-state index in [4.69, 9.17) is 5.11 Å². The minimum absolute atomic E-state index is 0.149. The van der Waals surface area contributed by atoms with E-state index < -0.39 is 0 Å². The SMILES string of the molecule is O[C@@H]1CCCC=C1I. The van der Waals surface area contributed by atoms with Crippen molar-refractivity contribution in [3.8, 4) is 0 Å². The van der Waals surface area contributed by atoms with Crippen molar-refractivity contribution in [1.82, 2.24) is 0 Å². The number of rotatable bonds is 0. The van der Waals surface area contributed by atoms with E-state index in [9.17, 15) is 0 Å². The molecule has 1 nitrogen and oxygen atoms in total. The van der Waals surface area contributed by atoms with Crippen molar-refractivity contribution in [1.29, 1.82) is 0 Å². The minimum Gasteiger partial charge on any atom is -0.388 e. The fourth-order valence-electron chi connectivity index (χ4n) is 0.825. The third kappa shape index (κ3) is 1.45. The van der Waals surface area contributed by atoms with Crippen LogP contribution in [0.15, 0.2) is 9.66 Å². The molecule has 0 aliphatic heterocycles. The van der Waals surface area contributed by atoms with Gasteiger partial charge >= 0.3 is 0 Å². The molecular formula is C6H9IO. The van der Waals surface area contributed by atoms with Gasteiger partial charge in [-0.15, -0.1) is 0 Å². The Morgan fingerprint density at radius 1 is 1.75 bits per heavy atom. The highest BCUT2D eigenvalue weighted by Gasteiger charge is 2.10. The molecule has 1 aliphatic rings. The second-order valence-corrected chi connectivity index (χ2v) is 3.28. The topological polar surface area (TPSA) is 20.2 Å². The average Bonchev–Trinajstić information content (AvgIpc) is 1.77. The quantitative estimate of drug-likeness (QED) is 0.622. The standard InChI is InChI=1S/C6H9IO/c7-5-3-1-2-4-6(5)8/h3,6,8H,1-2,4H2/t6-/m1/s1. The molecule has 0 unspecified atom stereocenters. The molecule has 0 aromatic carbocycles. The number of halogens is 1. The number of hydrogen-bond acceptors (Lipinski definition) is 1.